The highest BCUT2D eigenvalue weighted by molar-refractivity contribution is 5.97. The molecule has 0 saturated heterocycles. The maximum absolute atomic E-state index is 11.3. The number of carboxylic acids is 1. The number of carbonyl (C=O) groups is 1. The van der Waals surface area contributed by atoms with Gasteiger partial charge in [-0.3, -0.25) is 0 Å². The fourth-order valence-corrected chi connectivity index (χ4v) is 2.01. The first kappa shape index (κ1) is 15.2. The summed E-state index contributed by atoms with van der Waals surface area (Å²) in [4.78, 5) is 11.3. The van der Waals surface area contributed by atoms with E-state index in [1.807, 2.05) is 36.4 Å². The van der Waals surface area contributed by atoms with Crippen molar-refractivity contribution >= 4 is 18.4 Å². The van der Waals surface area contributed by atoms with E-state index in [0.717, 1.165) is 22.3 Å². The summed E-state index contributed by atoms with van der Waals surface area (Å²) in [5.74, 6) is -0.897. The number of rotatable bonds is 3. The van der Waals surface area contributed by atoms with Gasteiger partial charge >= 0.3 is 5.97 Å². The fourth-order valence-electron chi connectivity index (χ4n) is 2.01. The van der Waals surface area contributed by atoms with E-state index in [4.69, 9.17) is 5.73 Å². The van der Waals surface area contributed by atoms with Crippen molar-refractivity contribution in [1.82, 2.24) is 0 Å². The predicted octanol–water partition coefficient (Wildman–Crippen LogP) is 3.24. The molecular formula is C15H16ClNO2. The molecule has 0 aromatic heterocycles. The maximum Gasteiger partial charge on any atom is 0.336 e. The predicted molar refractivity (Wildman–Crippen MR) is 78.7 cm³/mol. The van der Waals surface area contributed by atoms with Crippen LogP contribution in [0.3, 0.4) is 0 Å². The zero-order chi connectivity index (χ0) is 13.1. The summed E-state index contributed by atoms with van der Waals surface area (Å²) < 4.78 is 0. The first-order valence-corrected chi connectivity index (χ1v) is 5.75. The first-order chi connectivity index (χ1) is 8.63. The van der Waals surface area contributed by atoms with Crippen LogP contribution >= 0.6 is 12.4 Å². The van der Waals surface area contributed by atoms with E-state index in [9.17, 15) is 9.90 Å². The normalized spacial score (nSPS) is 9.79. The quantitative estimate of drug-likeness (QED) is 0.905. The Morgan fingerprint density at radius 2 is 1.79 bits per heavy atom. The van der Waals surface area contributed by atoms with Crippen LogP contribution in [0.2, 0.25) is 0 Å². The van der Waals surface area contributed by atoms with Crippen LogP contribution in [0.5, 0.6) is 0 Å². The van der Waals surface area contributed by atoms with Gasteiger partial charge in [0.1, 0.15) is 0 Å². The molecule has 4 heteroatoms. The molecule has 0 radical (unpaired) electrons. The lowest BCUT2D eigenvalue weighted by Crippen LogP contribution is -2.02. The lowest BCUT2D eigenvalue weighted by Gasteiger charge is -2.09. The molecule has 0 aliphatic carbocycles. The summed E-state index contributed by atoms with van der Waals surface area (Å²) in [6.45, 7) is 2.29. The van der Waals surface area contributed by atoms with Crippen LogP contribution in [-0.4, -0.2) is 11.1 Å². The number of carboxylic acid groups (broad SMARTS) is 1. The number of halogens is 1. The molecule has 0 aliphatic heterocycles. The van der Waals surface area contributed by atoms with Crippen LogP contribution in [0.25, 0.3) is 11.1 Å². The molecule has 0 heterocycles. The van der Waals surface area contributed by atoms with Gasteiger partial charge in [-0.1, -0.05) is 42.5 Å². The van der Waals surface area contributed by atoms with Crippen molar-refractivity contribution in [2.75, 3.05) is 0 Å². The van der Waals surface area contributed by atoms with Gasteiger partial charge in [0.15, 0.2) is 0 Å². The molecule has 2 rings (SSSR count). The summed E-state index contributed by atoms with van der Waals surface area (Å²) in [6, 6.07) is 13.2. The monoisotopic (exact) mass is 277 g/mol. The SMILES string of the molecule is Cc1cccc(-c2ccc(CN)cc2)c1C(=O)O.Cl. The van der Waals surface area contributed by atoms with Gasteiger partial charge in [-0.05, 0) is 29.2 Å². The van der Waals surface area contributed by atoms with Crippen molar-refractivity contribution < 1.29 is 9.90 Å². The number of aryl methyl sites for hydroxylation is 1. The van der Waals surface area contributed by atoms with Gasteiger partial charge < -0.3 is 10.8 Å². The summed E-state index contributed by atoms with van der Waals surface area (Å²) in [5, 5.41) is 9.29. The number of nitrogens with two attached hydrogens (primary N) is 1. The Balaban J connectivity index is 0.00000180. The summed E-state index contributed by atoms with van der Waals surface area (Å²) in [5.41, 5.74) is 9.34. The van der Waals surface area contributed by atoms with Crippen LogP contribution in [0.4, 0.5) is 0 Å². The van der Waals surface area contributed by atoms with Gasteiger partial charge in [0.25, 0.3) is 0 Å². The van der Waals surface area contributed by atoms with Gasteiger partial charge in [-0.2, -0.15) is 0 Å². The molecule has 19 heavy (non-hydrogen) atoms. The number of hydrogen-bond acceptors (Lipinski definition) is 2. The van der Waals surface area contributed by atoms with E-state index in [-0.39, 0.29) is 12.4 Å². The molecule has 0 aliphatic rings. The highest BCUT2D eigenvalue weighted by atomic mass is 35.5. The summed E-state index contributed by atoms with van der Waals surface area (Å²) >= 11 is 0. The Morgan fingerprint density at radius 1 is 1.16 bits per heavy atom. The first-order valence-electron chi connectivity index (χ1n) is 5.75. The van der Waals surface area contributed by atoms with Crippen molar-refractivity contribution in [2.45, 2.75) is 13.5 Å². The van der Waals surface area contributed by atoms with Gasteiger partial charge in [0.2, 0.25) is 0 Å². The van der Waals surface area contributed by atoms with Crippen LogP contribution in [0, 0.1) is 6.92 Å². The molecule has 3 nitrogen and oxygen atoms in total. The second-order valence-corrected chi connectivity index (χ2v) is 4.20. The van der Waals surface area contributed by atoms with Crippen LogP contribution in [0.15, 0.2) is 42.5 Å². The zero-order valence-electron chi connectivity index (χ0n) is 10.6. The molecule has 0 spiro atoms. The highest BCUT2D eigenvalue weighted by Gasteiger charge is 2.13. The molecule has 0 bridgehead atoms. The van der Waals surface area contributed by atoms with Crippen molar-refractivity contribution in [1.29, 1.82) is 0 Å². The molecule has 0 amide bonds. The minimum absolute atomic E-state index is 0. The van der Waals surface area contributed by atoms with Gasteiger partial charge in [0.05, 0.1) is 5.56 Å². The van der Waals surface area contributed by atoms with Gasteiger partial charge in [0, 0.05) is 6.54 Å². The van der Waals surface area contributed by atoms with Crippen molar-refractivity contribution in [3.05, 3.63) is 59.2 Å². The number of aromatic carboxylic acids is 1. The van der Waals surface area contributed by atoms with E-state index >= 15 is 0 Å². The zero-order valence-corrected chi connectivity index (χ0v) is 11.4. The van der Waals surface area contributed by atoms with Crippen molar-refractivity contribution in [3.63, 3.8) is 0 Å². The fraction of sp³-hybridized carbons (Fsp3) is 0.133. The van der Waals surface area contributed by atoms with Gasteiger partial charge in [-0.15, -0.1) is 12.4 Å². The minimum atomic E-state index is -0.897. The van der Waals surface area contributed by atoms with E-state index in [1.165, 1.54) is 0 Å². The Bertz CT molecular complexity index is 579. The maximum atomic E-state index is 11.3. The van der Waals surface area contributed by atoms with E-state index in [1.54, 1.807) is 13.0 Å². The Kier molecular flexibility index (Phi) is 5.10. The molecular weight excluding hydrogens is 262 g/mol. The lowest BCUT2D eigenvalue weighted by atomic mass is 9.95. The minimum Gasteiger partial charge on any atom is -0.478 e. The third-order valence-corrected chi connectivity index (χ3v) is 2.99. The average molecular weight is 278 g/mol. The van der Waals surface area contributed by atoms with E-state index in [0.29, 0.717) is 12.1 Å². The number of hydrogen-bond donors (Lipinski definition) is 2. The molecule has 0 saturated carbocycles. The molecule has 3 N–H and O–H groups in total. The smallest absolute Gasteiger partial charge is 0.336 e. The largest absolute Gasteiger partial charge is 0.478 e. The number of benzene rings is 2. The third-order valence-electron chi connectivity index (χ3n) is 2.99. The molecule has 100 valence electrons. The average Bonchev–Trinajstić information content (AvgIpc) is 2.38. The van der Waals surface area contributed by atoms with E-state index in [2.05, 4.69) is 0 Å². The topological polar surface area (TPSA) is 63.3 Å². The Hall–Kier alpha value is -1.84. The standard InChI is InChI=1S/C15H15NO2.ClH/c1-10-3-2-4-13(14(10)15(17)18)12-7-5-11(9-16)6-8-12;/h2-8H,9,16H2,1H3,(H,17,18);1H. The highest BCUT2D eigenvalue weighted by Crippen LogP contribution is 2.26. The van der Waals surface area contributed by atoms with Gasteiger partial charge in [-0.25, -0.2) is 4.79 Å². The van der Waals surface area contributed by atoms with Crippen molar-refractivity contribution in [2.24, 2.45) is 5.73 Å². The molecule has 2 aromatic rings. The molecule has 0 fully saturated rings. The second-order valence-electron chi connectivity index (χ2n) is 4.20. The van der Waals surface area contributed by atoms with Crippen molar-refractivity contribution in [3.8, 4) is 11.1 Å². The lowest BCUT2D eigenvalue weighted by molar-refractivity contribution is 0.0697. The van der Waals surface area contributed by atoms with E-state index < -0.39 is 5.97 Å². The Morgan fingerprint density at radius 3 is 2.32 bits per heavy atom. The van der Waals surface area contributed by atoms with Crippen LogP contribution in [0.1, 0.15) is 21.5 Å². The molecule has 0 unspecified atom stereocenters. The van der Waals surface area contributed by atoms with Crippen LogP contribution < -0.4 is 5.73 Å². The van der Waals surface area contributed by atoms with Crippen LogP contribution in [-0.2, 0) is 6.54 Å². The Labute approximate surface area is 118 Å². The summed E-state index contributed by atoms with van der Waals surface area (Å²) in [7, 11) is 0. The summed E-state index contributed by atoms with van der Waals surface area (Å²) in [6.07, 6.45) is 0. The molecule has 0 atom stereocenters. The third kappa shape index (κ3) is 3.13. The molecule has 2 aromatic carbocycles. The second kappa shape index (κ2) is 6.36.